The smallest absolute Gasteiger partial charge is 0.507 e. The summed E-state index contributed by atoms with van der Waals surface area (Å²) in [7, 11) is -2.92. The van der Waals surface area contributed by atoms with Crippen LogP contribution in [-0.4, -0.2) is 12.6 Å². The molecule has 0 atom stereocenters. The van der Waals surface area contributed by atoms with Gasteiger partial charge in [0, 0.05) is 0 Å². The molecule has 0 unspecified atom stereocenters. The molecule has 2 nitrogen and oxygen atoms in total. The molecular weight excluding hydrogens is 249 g/mol. The fraction of sp³-hybridized carbons (Fsp3) is 0. The van der Waals surface area contributed by atoms with Gasteiger partial charge in [-0.15, -0.1) is 0 Å². The maximum absolute atomic E-state index is 12.2. The lowest BCUT2D eigenvalue weighted by molar-refractivity contribution is 0.421. The average Bonchev–Trinajstić information content (AvgIpc) is 2.89. The van der Waals surface area contributed by atoms with Crippen molar-refractivity contribution in [2.45, 2.75) is 0 Å². The molecule has 1 aromatic rings. The zero-order valence-corrected chi connectivity index (χ0v) is 9.96. The SMILES string of the molecule is O/C(=C\C=C1C=CC=C1)c1ccccc1OB(F)F. The van der Waals surface area contributed by atoms with Crippen LogP contribution >= 0.6 is 0 Å². The Morgan fingerprint density at radius 3 is 2.53 bits per heavy atom. The summed E-state index contributed by atoms with van der Waals surface area (Å²) in [5, 5.41) is 9.92. The molecule has 19 heavy (non-hydrogen) atoms. The van der Waals surface area contributed by atoms with Crippen molar-refractivity contribution in [2.24, 2.45) is 0 Å². The molecule has 0 aliphatic heterocycles. The molecule has 1 aromatic carbocycles. The molecule has 1 aliphatic carbocycles. The number of benzene rings is 1. The van der Waals surface area contributed by atoms with Crippen LogP contribution in [0.5, 0.6) is 5.75 Å². The molecule has 0 fully saturated rings. The van der Waals surface area contributed by atoms with Crippen molar-refractivity contribution in [3.8, 4) is 5.75 Å². The molecule has 0 saturated carbocycles. The maximum Gasteiger partial charge on any atom is 0.796 e. The van der Waals surface area contributed by atoms with Gasteiger partial charge < -0.3 is 9.76 Å². The number of aliphatic hydroxyl groups excluding tert-OH is 1. The van der Waals surface area contributed by atoms with Crippen LogP contribution in [0.1, 0.15) is 5.56 Å². The van der Waals surface area contributed by atoms with Gasteiger partial charge in [0.2, 0.25) is 0 Å². The van der Waals surface area contributed by atoms with E-state index in [1.807, 2.05) is 24.3 Å². The third-order valence-electron chi connectivity index (χ3n) is 2.50. The van der Waals surface area contributed by atoms with E-state index in [1.54, 1.807) is 18.2 Å². The molecule has 0 radical (unpaired) electrons. The molecule has 0 heterocycles. The molecule has 1 N–H and O–H groups in total. The first kappa shape index (κ1) is 13.1. The second-order valence-corrected chi connectivity index (χ2v) is 3.81. The zero-order chi connectivity index (χ0) is 13.7. The topological polar surface area (TPSA) is 29.5 Å². The van der Waals surface area contributed by atoms with Gasteiger partial charge in [-0.3, -0.25) is 0 Å². The molecule has 96 valence electrons. The normalized spacial score (nSPS) is 13.8. The molecule has 5 heteroatoms. The molecule has 0 saturated heterocycles. The summed E-state index contributed by atoms with van der Waals surface area (Å²) < 4.78 is 28.8. The number of para-hydroxylation sites is 1. The summed E-state index contributed by atoms with van der Waals surface area (Å²) in [5.74, 6) is -0.181. The second-order valence-electron chi connectivity index (χ2n) is 3.81. The molecule has 0 aromatic heterocycles. The van der Waals surface area contributed by atoms with E-state index in [0.717, 1.165) is 5.57 Å². The molecule has 1 aliphatic rings. The lowest BCUT2D eigenvalue weighted by Gasteiger charge is -2.08. The van der Waals surface area contributed by atoms with Crippen LogP contribution in [0.15, 0.2) is 66.3 Å². The highest BCUT2D eigenvalue weighted by molar-refractivity contribution is 6.35. The van der Waals surface area contributed by atoms with Crippen molar-refractivity contribution in [3.63, 3.8) is 0 Å². The van der Waals surface area contributed by atoms with Crippen molar-refractivity contribution in [2.75, 3.05) is 0 Å². The molecule has 0 spiro atoms. The van der Waals surface area contributed by atoms with Crippen LogP contribution < -0.4 is 4.65 Å². The van der Waals surface area contributed by atoms with E-state index in [2.05, 4.69) is 4.65 Å². The highest BCUT2D eigenvalue weighted by Crippen LogP contribution is 2.25. The summed E-state index contributed by atoms with van der Waals surface area (Å²) in [6, 6.07) is 6.10. The van der Waals surface area contributed by atoms with E-state index in [4.69, 9.17) is 0 Å². The fourth-order valence-electron chi connectivity index (χ4n) is 1.64. The summed E-state index contributed by atoms with van der Waals surface area (Å²) >= 11 is 0. The molecule has 2 rings (SSSR count). The van der Waals surface area contributed by atoms with Gasteiger partial charge in [0.25, 0.3) is 0 Å². The van der Waals surface area contributed by atoms with E-state index < -0.39 is 7.47 Å². The zero-order valence-electron chi connectivity index (χ0n) is 9.96. The van der Waals surface area contributed by atoms with Crippen LogP contribution in [0.4, 0.5) is 8.63 Å². The Morgan fingerprint density at radius 1 is 1.16 bits per heavy atom. The van der Waals surface area contributed by atoms with Gasteiger partial charge >= 0.3 is 7.47 Å². The Kier molecular flexibility index (Phi) is 4.18. The minimum Gasteiger partial charge on any atom is -0.507 e. The highest BCUT2D eigenvalue weighted by atomic mass is 19.2. The first-order chi connectivity index (χ1) is 9.16. The third kappa shape index (κ3) is 3.58. The fourth-order valence-corrected chi connectivity index (χ4v) is 1.64. The summed E-state index contributed by atoms with van der Waals surface area (Å²) in [6.45, 7) is 0. The highest BCUT2D eigenvalue weighted by Gasteiger charge is 2.20. The van der Waals surface area contributed by atoms with Gasteiger partial charge in [-0.05, 0) is 23.8 Å². The lowest BCUT2D eigenvalue weighted by atomic mass is 10.1. The minimum absolute atomic E-state index is 0.0536. The van der Waals surface area contributed by atoms with Gasteiger partial charge in [-0.2, -0.15) is 0 Å². The number of hydrogen-bond acceptors (Lipinski definition) is 2. The predicted molar refractivity (Wildman–Crippen MR) is 72.0 cm³/mol. The van der Waals surface area contributed by atoms with E-state index in [0.29, 0.717) is 0 Å². The van der Waals surface area contributed by atoms with Crippen molar-refractivity contribution < 1.29 is 18.4 Å². The van der Waals surface area contributed by atoms with Gasteiger partial charge in [-0.1, -0.05) is 42.5 Å². The Labute approximate surface area is 110 Å². The van der Waals surface area contributed by atoms with Gasteiger partial charge in [0.1, 0.15) is 11.5 Å². The minimum atomic E-state index is -2.92. The van der Waals surface area contributed by atoms with Crippen LogP contribution in [0.25, 0.3) is 5.76 Å². The monoisotopic (exact) mass is 260 g/mol. The van der Waals surface area contributed by atoms with Crippen molar-refractivity contribution in [3.05, 3.63) is 71.9 Å². The Bertz CT molecular complexity index is 561. The predicted octanol–water partition coefficient (Wildman–Crippen LogP) is 3.94. The number of allylic oxidation sites excluding steroid dienone is 7. The number of aliphatic hydroxyl groups is 1. The number of hydrogen-bond donors (Lipinski definition) is 1. The van der Waals surface area contributed by atoms with Gasteiger partial charge in [0.15, 0.2) is 0 Å². The first-order valence-corrected chi connectivity index (χ1v) is 5.67. The Balaban J connectivity index is 2.25. The molecule has 0 bridgehead atoms. The van der Waals surface area contributed by atoms with E-state index >= 15 is 0 Å². The van der Waals surface area contributed by atoms with Crippen molar-refractivity contribution in [1.29, 1.82) is 0 Å². The summed E-state index contributed by atoms with van der Waals surface area (Å²) in [4.78, 5) is 0. The molecule has 0 amide bonds. The van der Waals surface area contributed by atoms with Crippen LogP contribution in [0, 0.1) is 0 Å². The van der Waals surface area contributed by atoms with Crippen LogP contribution in [0.3, 0.4) is 0 Å². The number of rotatable bonds is 4. The van der Waals surface area contributed by atoms with E-state index in [1.165, 1.54) is 18.2 Å². The quantitative estimate of drug-likeness (QED) is 0.656. The Morgan fingerprint density at radius 2 is 1.84 bits per heavy atom. The summed E-state index contributed by atoms with van der Waals surface area (Å²) in [5.41, 5.74) is 1.14. The van der Waals surface area contributed by atoms with Crippen molar-refractivity contribution >= 4 is 13.2 Å². The number of halogens is 2. The third-order valence-corrected chi connectivity index (χ3v) is 2.50. The summed E-state index contributed by atoms with van der Waals surface area (Å²) in [6.07, 6.45) is 10.6. The van der Waals surface area contributed by atoms with Crippen molar-refractivity contribution in [1.82, 2.24) is 0 Å². The standard InChI is InChI=1S/C14H11BF2O2/c16-15(17)19-14-8-4-3-7-12(14)13(18)10-9-11-5-1-2-6-11/h1-10,18H/b13-10-. The van der Waals surface area contributed by atoms with Crippen LogP contribution in [-0.2, 0) is 0 Å². The molecular formula is C14H11BF2O2. The first-order valence-electron chi connectivity index (χ1n) is 5.67. The maximum atomic E-state index is 12.2. The van der Waals surface area contributed by atoms with Gasteiger partial charge in [0.05, 0.1) is 5.56 Å². The second kappa shape index (κ2) is 6.04. The average molecular weight is 260 g/mol. The van der Waals surface area contributed by atoms with E-state index in [-0.39, 0.29) is 17.1 Å². The van der Waals surface area contributed by atoms with Gasteiger partial charge in [-0.25, -0.2) is 8.63 Å². The largest absolute Gasteiger partial charge is 0.796 e. The van der Waals surface area contributed by atoms with E-state index in [9.17, 15) is 13.7 Å². The van der Waals surface area contributed by atoms with Crippen LogP contribution in [0.2, 0.25) is 0 Å². The lowest BCUT2D eigenvalue weighted by Crippen LogP contribution is -2.09. The Hall–Kier alpha value is -2.30.